The number of pyridine rings is 1. The molecule has 0 aliphatic rings. The lowest BCUT2D eigenvalue weighted by atomic mass is 10.1. The predicted molar refractivity (Wildman–Crippen MR) is 92.2 cm³/mol. The molecule has 122 valence electrons. The van der Waals surface area contributed by atoms with Gasteiger partial charge in [-0.2, -0.15) is 4.98 Å². The van der Waals surface area contributed by atoms with Crippen molar-refractivity contribution in [2.24, 2.45) is 0 Å². The van der Waals surface area contributed by atoms with E-state index in [1.165, 1.54) is 12.1 Å². The molecule has 0 saturated heterocycles. The van der Waals surface area contributed by atoms with Crippen LogP contribution in [-0.4, -0.2) is 21.5 Å². The van der Waals surface area contributed by atoms with Crippen LogP contribution in [0.4, 0.5) is 16.2 Å². The van der Waals surface area contributed by atoms with Crippen LogP contribution in [0.25, 0.3) is 0 Å². The molecule has 0 amide bonds. The van der Waals surface area contributed by atoms with Gasteiger partial charge in [-0.25, -0.2) is 9.37 Å². The van der Waals surface area contributed by atoms with Crippen molar-refractivity contribution in [1.82, 2.24) is 15.0 Å². The van der Waals surface area contributed by atoms with Crippen molar-refractivity contribution < 1.29 is 4.39 Å². The van der Waals surface area contributed by atoms with Crippen LogP contribution in [0.5, 0.6) is 0 Å². The minimum atomic E-state index is -0.221. The quantitative estimate of drug-likeness (QED) is 0.699. The van der Waals surface area contributed by atoms with Crippen LogP contribution in [0.15, 0.2) is 60.9 Å². The van der Waals surface area contributed by atoms with Crippen molar-refractivity contribution in [2.75, 3.05) is 17.2 Å². The van der Waals surface area contributed by atoms with Crippen LogP contribution in [0.1, 0.15) is 11.3 Å². The molecule has 0 saturated carbocycles. The number of hydrogen-bond donors (Lipinski definition) is 2. The van der Waals surface area contributed by atoms with E-state index < -0.39 is 0 Å². The van der Waals surface area contributed by atoms with Crippen molar-refractivity contribution >= 4 is 11.8 Å². The Bertz CT molecular complexity index is 762. The Kier molecular flexibility index (Phi) is 5.29. The second-order valence-electron chi connectivity index (χ2n) is 5.24. The average molecular weight is 323 g/mol. The lowest BCUT2D eigenvalue weighted by Gasteiger charge is -2.08. The van der Waals surface area contributed by atoms with E-state index in [4.69, 9.17) is 0 Å². The molecule has 3 aromatic rings. The molecule has 5 nitrogen and oxygen atoms in total. The van der Waals surface area contributed by atoms with E-state index in [1.807, 2.05) is 24.3 Å². The molecular weight excluding hydrogens is 305 g/mol. The highest BCUT2D eigenvalue weighted by atomic mass is 19.1. The van der Waals surface area contributed by atoms with Crippen molar-refractivity contribution in [1.29, 1.82) is 0 Å². The fourth-order valence-electron chi connectivity index (χ4n) is 2.20. The first-order valence-corrected chi connectivity index (χ1v) is 7.75. The largest absolute Gasteiger partial charge is 0.364 e. The van der Waals surface area contributed by atoms with E-state index in [1.54, 1.807) is 24.5 Å². The molecule has 0 aliphatic carbocycles. The molecule has 24 heavy (non-hydrogen) atoms. The van der Waals surface area contributed by atoms with Crippen LogP contribution in [0.2, 0.25) is 0 Å². The maximum Gasteiger partial charge on any atom is 0.224 e. The maximum absolute atomic E-state index is 12.9. The Morgan fingerprint density at radius 1 is 0.875 bits per heavy atom. The summed E-state index contributed by atoms with van der Waals surface area (Å²) in [5.41, 5.74) is 2.01. The Morgan fingerprint density at radius 3 is 2.54 bits per heavy atom. The molecule has 0 spiro atoms. The molecule has 2 N–H and O–H groups in total. The van der Waals surface area contributed by atoms with Crippen molar-refractivity contribution in [3.05, 3.63) is 78.0 Å². The van der Waals surface area contributed by atoms with E-state index in [0.29, 0.717) is 19.0 Å². The van der Waals surface area contributed by atoms with Crippen LogP contribution in [0, 0.1) is 5.82 Å². The molecule has 0 fully saturated rings. The summed E-state index contributed by atoms with van der Waals surface area (Å²) in [6.07, 6.45) is 4.24. The monoisotopic (exact) mass is 323 g/mol. The highest BCUT2D eigenvalue weighted by Crippen LogP contribution is 2.08. The van der Waals surface area contributed by atoms with Gasteiger partial charge in [0.05, 0.1) is 12.2 Å². The smallest absolute Gasteiger partial charge is 0.224 e. The number of nitrogens with zero attached hydrogens (tertiary/aromatic N) is 3. The van der Waals surface area contributed by atoms with Gasteiger partial charge in [0.2, 0.25) is 5.95 Å². The van der Waals surface area contributed by atoms with E-state index in [9.17, 15) is 4.39 Å². The summed E-state index contributed by atoms with van der Waals surface area (Å²) in [6, 6.07) is 14.1. The molecule has 0 aliphatic heterocycles. The molecule has 1 aromatic carbocycles. The lowest BCUT2D eigenvalue weighted by molar-refractivity contribution is 0.627. The van der Waals surface area contributed by atoms with E-state index in [0.717, 1.165) is 23.5 Å². The van der Waals surface area contributed by atoms with E-state index >= 15 is 0 Å². The van der Waals surface area contributed by atoms with Gasteiger partial charge in [0.1, 0.15) is 11.6 Å². The van der Waals surface area contributed by atoms with Gasteiger partial charge in [0, 0.05) is 18.9 Å². The molecule has 0 unspecified atom stereocenters. The van der Waals surface area contributed by atoms with Gasteiger partial charge in [-0.1, -0.05) is 18.2 Å². The standard InChI is InChI=1S/C18H18FN5/c19-15-6-4-14(5-7-15)8-11-21-18-22-12-9-17(24-18)23-13-16-3-1-2-10-20-16/h1-7,9-10,12H,8,11,13H2,(H2,21,22,23,24). The molecule has 0 atom stereocenters. The minimum Gasteiger partial charge on any atom is -0.364 e. The first-order chi connectivity index (χ1) is 11.8. The molecule has 2 heterocycles. The number of halogens is 1. The first kappa shape index (κ1) is 15.9. The highest BCUT2D eigenvalue weighted by molar-refractivity contribution is 5.40. The van der Waals surface area contributed by atoms with Crippen LogP contribution in [0.3, 0.4) is 0 Å². The molecule has 2 aromatic heterocycles. The Labute approximate surface area is 140 Å². The normalized spacial score (nSPS) is 10.4. The Morgan fingerprint density at radius 2 is 1.75 bits per heavy atom. The fraction of sp³-hybridized carbons (Fsp3) is 0.167. The molecule has 6 heteroatoms. The highest BCUT2D eigenvalue weighted by Gasteiger charge is 2.00. The summed E-state index contributed by atoms with van der Waals surface area (Å²) < 4.78 is 12.9. The van der Waals surface area contributed by atoms with Gasteiger partial charge in [-0.3, -0.25) is 4.98 Å². The SMILES string of the molecule is Fc1ccc(CCNc2nccc(NCc3ccccn3)n2)cc1. The second-order valence-corrected chi connectivity index (χ2v) is 5.24. The molecule has 0 bridgehead atoms. The third kappa shape index (κ3) is 4.74. The number of rotatable bonds is 7. The summed E-state index contributed by atoms with van der Waals surface area (Å²) in [4.78, 5) is 12.9. The van der Waals surface area contributed by atoms with Crippen LogP contribution in [-0.2, 0) is 13.0 Å². The van der Waals surface area contributed by atoms with Gasteiger partial charge in [-0.05, 0) is 42.3 Å². The molecule has 3 rings (SSSR count). The molecule has 0 radical (unpaired) electrons. The number of benzene rings is 1. The van der Waals surface area contributed by atoms with Gasteiger partial charge >= 0.3 is 0 Å². The minimum absolute atomic E-state index is 0.221. The number of anilines is 2. The zero-order valence-electron chi connectivity index (χ0n) is 13.1. The van der Waals surface area contributed by atoms with Crippen molar-refractivity contribution in [3.8, 4) is 0 Å². The average Bonchev–Trinajstić information content (AvgIpc) is 2.63. The second kappa shape index (κ2) is 8.01. The van der Waals surface area contributed by atoms with Crippen molar-refractivity contribution in [2.45, 2.75) is 13.0 Å². The third-order valence-corrected chi connectivity index (χ3v) is 3.44. The summed E-state index contributed by atoms with van der Waals surface area (Å²) in [5, 5.41) is 6.40. The zero-order chi connectivity index (χ0) is 16.6. The Balaban J connectivity index is 1.50. The van der Waals surface area contributed by atoms with Gasteiger partial charge in [-0.15, -0.1) is 0 Å². The summed E-state index contributed by atoms with van der Waals surface area (Å²) >= 11 is 0. The van der Waals surface area contributed by atoms with Crippen molar-refractivity contribution in [3.63, 3.8) is 0 Å². The lowest BCUT2D eigenvalue weighted by Crippen LogP contribution is -2.09. The van der Waals surface area contributed by atoms with Gasteiger partial charge < -0.3 is 10.6 Å². The number of aromatic nitrogens is 3. The summed E-state index contributed by atoms with van der Waals surface area (Å²) in [6.45, 7) is 1.28. The topological polar surface area (TPSA) is 62.7 Å². The zero-order valence-corrected chi connectivity index (χ0v) is 13.1. The fourth-order valence-corrected chi connectivity index (χ4v) is 2.20. The number of hydrogen-bond acceptors (Lipinski definition) is 5. The van der Waals surface area contributed by atoms with E-state index in [-0.39, 0.29) is 5.82 Å². The Hall–Kier alpha value is -3.02. The number of nitrogens with one attached hydrogen (secondary N) is 2. The molecular formula is C18H18FN5. The maximum atomic E-state index is 12.9. The van der Waals surface area contributed by atoms with E-state index in [2.05, 4.69) is 25.6 Å². The third-order valence-electron chi connectivity index (χ3n) is 3.44. The van der Waals surface area contributed by atoms with Crippen LogP contribution >= 0.6 is 0 Å². The van der Waals surface area contributed by atoms with Gasteiger partial charge in [0.15, 0.2) is 0 Å². The van der Waals surface area contributed by atoms with Gasteiger partial charge in [0.25, 0.3) is 0 Å². The summed E-state index contributed by atoms with van der Waals surface area (Å²) in [7, 11) is 0. The predicted octanol–water partition coefficient (Wildman–Crippen LogP) is 3.28. The summed E-state index contributed by atoms with van der Waals surface area (Å²) in [5.74, 6) is 1.07. The first-order valence-electron chi connectivity index (χ1n) is 7.75. The van der Waals surface area contributed by atoms with Crippen LogP contribution < -0.4 is 10.6 Å².